The fraction of sp³-hybridized carbons (Fsp3) is 0.234. The number of benzene rings is 2. The summed E-state index contributed by atoms with van der Waals surface area (Å²) in [5.74, 6) is -0.784. The summed E-state index contributed by atoms with van der Waals surface area (Å²) in [4.78, 5) is 65.5. The predicted octanol–water partition coefficient (Wildman–Crippen LogP) is 6.03. The smallest absolute Gasteiger partial charge is 0.131 e. The number of phenolic OH excluding ortho intramolecular Hbond substituents is 1. The van der Waals surface area contributed by atoms with Gasteiger partial charge in [0.25, 0.3) is 5.91 Å². The summed E-state index contributed by atoms with van der Waals surface area (Å²) in [5.41, 5.74) is 12.3. The number of pyridine rings is 3. The van der Waals surface area contributed by atoms with Gasteiger partial charge in [-0.25, -0.2) is 4.98 Å². The molecule has 1 saturated carbocycles. The van der Waals surface area contributed by atoms with E-state index in [0.717, 1.165) is 33.4 Å². The van der Waals surface area contributed by atoms with Gasteiger partial charge in [0.15, 0.2) is 0 Å². The fourth-order valence-electron chi connectivity index (χ4n) is 7.72. The van der Waals surface area contributed by atoms with Crippen molar-refractivity contribution in [3.63, 3.8) is 0 Å². The number of phenols is 1. The van der Waals surface area contributed by atoms with Crippen LogP contribution in [0.4, 0.5) is 20.4 Å². The third-order valence-corrected chi connectivity index (χ3v) is 11.3. The summed E-state index contributed by atoms with van der Waals surface area (Å²) in [6, 6.07) is 23.4. The molecule has 65 heavy (non-hydrogen) atoms. The number of halogens is 2. The van der Waals surface area contributed by atoms with Crippen molar-refractivity contribution in [1.82, 2.24) is 30.9 Å². The molecule has 7 N–H and O–H groups in total. The molecule has 1 aliphatic heterocycles. The Kier molecular flexibility index (Phi) is 12.3. The number of hydrogen-bond donors (Lipinski definition) is 6. The molecule has 18 heteroatoms. The van der Waals surface area contributed by atoms with E-state index in [9.17, 15) is 33.1 Å². The minimum Gasteiger partial charge on any atom is -0.508 e. The van der Waals surface area contributed by atoms with Crippen LogP contribution in [0, 0.1) is 6.92 Å². The molecule has 6 aromatic rings. The van der Waals surface area contributed by atoms with Crippen LogP contribution in [-0.4, -0.2) is 76.5 Å². The molecular formula is C47H43BF2N8O7. The van der Waals surface area contributed by atoms with Crippen molar-refractivity contribution < 1.29 is 42.5 Å². The largest absolute Gasteiger partial charge is 0.508 e. The van der Waals surface area contributed by atoms with E-state index < -0.39 is 17.6 Å². The molecule has 330 valence electrons. The molecule has 1 fully saturated rings. The summed E-state index contributed by atoms with van der Waals surface area (Å²) in [6.07, 6.45) is 1.18. The molecule has 2 aromatic carbocycles. The number of aromatic hydroxyl groups is 1. The Labute approximate surface area is 372 Å². The number of nitrogens with one attached hydrogen (secondary N) is 4. The van der Waals surface area contributed by atoms with Crippen molar-refractivity contribution in [3.8, 4) is 50.7 Å². The number of alkyl halides is 2. The average Bonchev–Trinajstić information content (AvgIpc) is 4.05. The Balaban J connectivity index is 0.792. The number of amides is 4. The summed E-state index contributed by atoms with van der Waals surface area (Å²) < 4.78 is 36.3. The second-order valence-electron chi connectivity index (χ2n) is 15.7. The van der Waals surface area contributed by atoms with Gasteiger partial charge in [0, 0.05) is 55.1 Å². The van der Waals surface area contributed by atoms with Gasteiger partial charge < -0.3 is 21.5 Å². The molecule has 4 amide bonds. The molecule has 15 nitrogen and oxygen atoms in total. The van der Waals surface area contributed by atoms with Gasteiger partial charge in [0.05, 0.1) is 0 Å². The maximum absolute atomic E-state index is 13.6. The number of aromatic nitrogens is 3. The van der Waals surface area contributed by atoms with Crippen LogP contribution in [-0.2, 0) is 21.4 Å². The van der Waals surface area contributed by atoms with E-state index in [2.05, 4.69) is 45.7 Å². The summed E-state index contributed by atoms with van der Waals surface area (Å²) in [7, 11) is 0. The van der Waals surface area contributed by atoms with Crippen LogP contribution >= 0.6 is 0 Å². The van der Waals surface area contributed by atoms with Crippen molar-refractivity contribution in [3.05, 3.63) is 125 Å². The van der Waals surface area contributed by atoms with Crippen molar-refractivity contribution in [1.29, 1.82) is 0 Å². The second kappa shape index (κ2) is 18.2. The third kappa shape index (κ3) is 9.61. The first kappa shape index (κ1) is 43.9. The quantitative estimate of drug-likeness (QED) is 0.0655. The number of rotatable bonds is 15. The normalized spacial score (nSPS) is 13.9. The summed E-state index contributed by atoms with van der Waals surface area (Å²) in [6.45, 7) is 5.62. The number of carbonyl (C=O) groups excluding carboxylic acids is 4. The van der Waals surface area contributed by atoms with Gasteiger partial charge in [0.1, 0.15) is 17.3 Å². The number of anilines is 2. The van der Waals surface area contributed by atoms with Gasteiger partial charge in [-0.3, -0.25) is 14.6 Å². The van der Waals surface area contributed by atoms with Gasteiger partial charge in [-0.1, -0.05) is 25.1 Å². The van der Waals surface area contributed by atoms with E-state index in [1.165, 1.54) is 13.0 Å². The first-order chi connectivity index (χ1) is 31.2. The van der Waals surface area contributed by atoms with Crippen molar-refractivity contribution in [2.45, 2.75) is 51.2 Å². The van der Waals surface area contributed by atoms with Gasteiger partial charge in [-0.05, 0) is 35.7 Å². The zero-order valence-electron chi connectivity index (χ0n) is 35.3. The number of nitrogen functional groups attached to an aromatic ring is 1. The van der Waals surface area contributed by atoms with Crippen LogP contribution in [0.25, 0.3) is 33.5 Å². The Morgan fingerprint density at radius 1 is 0.831 bits per heavy atom. The van der Waals surface area contributed by atoms with Crippen molar-refractivity contribution in [2.75, 3.05) is 30.7 Å². The minimum atomic E-state index is -3.76. The SMILES string of the molecule is CCc1c(-c2ccc(C(=O)NCCC(=O)NCCNC(=O)c3cccc(-c4nc(NC(=O)C5(c6bc7c(cc6)OC(F)(F)O7)CC5)ccc4C)c3)nc2)cnc(N)c1-c1ccc(O)cc1. The molecule has 0 radical (unpaired) electrons. The zero-order valence-corrected chi connectivity index (χ0v) is 35.3. The van der Waals surface area contributed by atoms with Gasteiger partial charge in [-0.2, -0.15) is 0 Å². The molecule has 2 aliphatic rings. The Morgan fingerprint density at radius 3 is 2.32 bits per heavy atom. The van der Waals surface area contributed by atoms with E-state index in [0.29, 0.717) is 47.4 Å². The predicted molar refractivity (Wildman–Crippen MR) is 239 cm³/mol. The number of nitrogens with two attached hydrogens (primary N) is 1. The maximum Gasteiger partial charge on any atom is 0.131 e. The molecule has 0 bridgehead atoms. The van der Waals surface area contributed by atoms with Crippen LogP contribution in [0.15, 0.2) is 97.3 Å². The standard InChI is InChI=1S/C47H43BF2N8O7/c1-3-32-33(25-56-42(51)39(32)27-8-11-31(59)12-9-27)30-10-13-34(55-24-30)44(62)53-20-17-38(60)52-21-22-54-43(61)29-6-4-5-28(23-29)40-26(2)7-16-37(57-40)58-45(63)46(18-19-46)36-15-14-35-41(48-36)65-47(49,50)64-35/h4-16,23-25,59H,3,17-22H2,1-2H3,(H2,51,56)(H,52,60)(H,53,62)(H,54,61)(H,57,58,63). The maximum atomic E-state index is 13.6. The first-order valence-electron chi connectivity index (χ1n) is 20.9. The number of hydrogen-bond acceptors (Lipinski definition) is 11. The second-order valence-corrected chi connectivity index (χ2v) is 15.7. The summed E-state index contributed by atoms with van der Waals surface area (Å²) >= 11 is 0. The van der Waals surface area contributed by atoms with Crippen LogP contribution in [0.1, 0.15) is 63.6 Å². The Hall–Kier alpha value is -7.76. The van der Waals surface area contributed by atoms with E-state index >= 15 is 0 Å². The van der Waals surface area contributed by atoms with Crippen molar-refractivity contribution >= 4 is 42.2 Å². The van der Waals surface area contributed by atoms with Crippen LogP contribution in [0.3, 0.4) is 0 Å². The van der Waals surface area contributed by atoms with Crippen molar-refractivity contribution in [2.24, 2.45) is 0 Å². The number of ether oxygens (including phenoxy) is 2. The average molecular weight is 881 g/mol. The fourth-order valence-corrected chi connectivity index (χ4v) is 7.72. The molecule has 4 aromatic heterocycles. The number of fused-ring (bicyclic) bond motifs is 1. The Morgan fingerprint density at radius 2 is 1.58 bits per heavy atom. The monoisotopic (exact) mass is 880 g/mol. The van der Waals surface area contributed by atoms with E-state index in [1.807, 2.05) is 13.8 Å². The zero-order chi connectivity index (χ0) is 45.9. The molecule has 0 unspecified atom stereocenters. The number of aryl methyl sites for hydroxylation is 1. The van der Waals surface area contributed by atoms with Gasteiger partial charge in [0.2, 0.25) is 5.91 Å². The molecule has 0 saturated heterocycles. The molecule has 5 heterocycles. The molecule has 8 rings (SSSR count). The van der Waals surface area contributed by atoms with Crippen LogP contribution in [0.5, 0.6) is 17.1 Å². The molecule has 0 spiro atoms. The minimum absolute atomic E-state index is 0.00356. The van der Waals surface area contributed by atoms with E-state index in [-0.39, 0.29) is 72.4 Å². The van der Waals surface area contributed by atoms with Gasteiger partial charge in [-0.15, -0.1) is 0 Å². The number of carbonyl (C=O) groups is 4. The topological polar surface area (TPSA) is 220 Å². The Bertz CT molecular complexity index is 2820. The molecule has 0 atom stereocenters. The third-order valence-electron chi connectivity index (χ3n) is 11.3. The van der Waals surface area contributed by atoms with Crippen LogP contribution in [0.2, 0.25) is 0 Å². The number of nitrogens with zero attached hydrogens (tertiary/aromatic N) is 3. The van der Waals surface area contributed by atoms with E-state index in [1.54, 1.807) is 91.3 Å². The van der Waals surface area contributed by atoms with E-state index in [4.69, 9.17) is 5.73 Å². The first-order valence-corrected chi connectivity index (χ1v) is 20.9. The molecular weight excluding hydrogens is 837 g/mol. The van der Waals surface area contributed by atoms with Crippen LogP contribution < -0.4 is 36.5 Å². The van der Waals surface area contributed by atoms with Gasteiger partial charge >= 0.3 is 187 Å². The molecule has 1 aliphatic carbocycles. The summed E-state index contributed by atoms with van der Waals surface area (Å²) in [5, 5.41) is 20.9.